The summed E-state index contributed by atoms with van der Waals surface area (Å²) in [6.45, 7) is 14.6. The Morgan fingerprint density at radius 3 is 2.75 bits per heavy atom. The smallest absolute Gasteiger partial charge is 0.147 e. The van der Waals surface area contributed by atoms with Gasteiger partial charge in [0.15, 0.2) is 0 Å². The SMILES string of the molecule is C[C@]12CN(c3ncc(Br)cc3CO)C[C@H]1CCN(c1ncnc3c1ccn3COCC[Si](C)(C)C)C2. The first-order valence-electron chi connectivity index (χ1n) is 12.8. The molecule has 2 saturated heterocycles. The largest absolute Gasteiger partial charge is 0.392 e. The van der Waals surface area contributed by atoms with Crippen LogP contribution in [0.5, 0.6) is 0 Å². The van der Waals surface area contributed by atoms with Crippen molar-refractivity contribution in [2.24, 2.45) is 11.3 Å². The fourth-order valence-corrected chi connectivity index (χ4v) is 6.80. The molecule has 10 heteroatoms. The second kappa shape index (κ2) is 10.0. The van der Waals surface area contributed by atoms with Crippen molar-refractivity contribution in [2.75, 3.05) is 42.6 Å². The number of piperidine rings is 1. The number of hydrogen-bond acceptors (Lipinski definition) is 7. The molecule has 194 valence electrons. The molecule has 0 amide bonds. The Balaban J connectivity index is 1.32. The van der Waals surface area contributed by atoms with Crippen molar-refractivity contribution in [3.8, 4) is 0 Å². The van der Waals surface area contributed by atoms with Crippen LogP contribution in [-0.4, -0.2) is 65.5 Å². The highest BCUT2D eigenvalue weighted by Crippen LogP contribution is 2.45. The monoisotopic (exact) mass is 572 g/mol. The van der Waals surface area contributed by atoms with Gasteiger partial charge in [0.25, 0.3) is 0 Å². The fraction of sp³-hybridized carbons (Fsp3) is 0.577. The third-order valence-corrected chi connectivity index (χ3v) is 9.86. The molecule has 3 aromatic heterocycles. The van der Waals surface area contributed by atoms with Crippen molar-refractivity contribution >= 4 is 46.7 Å². The van der Waals surface area contributed by atoms with Gasteiger partial charge in [0.05, 0.1) is 12.0 Å². The number of anilines is 2. The van der Waals surface area contributed by atoms with Gasteiger partial charge in [0, 0.05) is 68.7 Å². The second-order valence-electron chi connectivity index (χ2n) is 11.8. The average molecular weight is 574 g/mol. The van der Waals surface area contributed by atoms with Crippen LogP contribution in [0, 0.1) is 11.3 Å². The van der Waals surface area contributed by atoms with E-state index in [-0.39, 0.29) is 12.0 Å². The van der Waals surface area contributed by atoms with E-state index in [4.69, 9.17) is 9.72 Å². The molecule has 5 rings (SSSR count). The summed E-state index contributed by atoms with van der Waals surface area (Å²) < 4.78 is 8.98. The first kappa shape index (κ1) is 25.6. The molecule has 2 aliphatic rings. The van der Waals surface area contributed by atoms with Crippen LogP contribution >= 0.6 is 15.9 Å². The molecular formula is C26H37BrN6O2Si. The Bertz CT molecular complexity index is 1230. The van der Waals surface area contributed by atoms with Crippen LogP contribution in [0.15, 0.2) is 35.3 Å². The molecule has 1 N–H and O–H groups in total. The lowest BCUT2D eigenvalue weighted by atomic mass is 9.75. The second-order valence-corrected chi connectivity index (χ2v) is 18.3. The summed E-state index contributed by atoms with van der Waals surface area (Å²) in [5, 5.41) is 11.0. The lowest BCUT2D eigenvalue weighted by Gasteiger charge is -2.42. The predicted molar refractivity (Wildman–Crippen MR) is 150 cm³/mol. The number of rotatable bonds is 8. The number of aliphatic hydroxyl groups excluding tert-OH is 1. The van der Waals surface area contributed by atoms with Gasteiger partial charge < -0.3 is 24.2 Å². The third-order valence-electron chi connectivity index (χ3n) is 7.72. The summed E-state index contributed by atoms with van der Waals surface area (Å²) in [4.78, 5) is 18.8. The minimum Gasteiger partial charge on any atom is -0.392 e. The summed E-state index contributed by atoms with van der Waals surface area (Å²) in [5.41, 5.74) is 1.91. The Kier molecular flexibility index (Phi) is 7.15. The molecule has 0 radical (unpaired) electrons. The van der Waals surface area contributed by atoms with Crippen LogP contribution in [-0.2, 0) is 18.1 Å². The Labute approximate surface area is 222 Å². The Hall–Kier alpha value is -2.01. The van der Waals surface area contributed by atoms with Gasteiger partial charge in [-0.1, -0.05) is 26.6 Å². The van der Waals surface area contributed by atoms with Gasteiger partial charge in [-0.15, -0.1) is 0 Å². The highest BCUT2D eigenvalue weighted by atomic mass is 79.9. The van der Waals surface area contributed by atoms with E-state index in [2.05, 4.69) is 79.1 Å². The maximum Gasteiger partial charge on any atom is 0.147 e. The van der Waals surface area contributed by atoms with Gasteiger partial charge in [0.1, 0.15) is 30.3 Å². The van der Waals surface area contributed by atoms with Gasteiger partial charge in [0.2, 0.25) is 0 Å². The van der Waals surface area contributed by atoms with E-state index in [1.54, 1.807) is 6.33 Å². The Morgan fingerprint density at radius 2 is 1.97 bits per heavy atom. The van der Waals surface area contributed by atoms with Crippen molar-refractivity contribution in [1.82, 2.24) is 19.5 Å². The number of nitrogens with zero attached hydrogens (tertiary/aromatic N) is 6. The molecule has 0 saturated carbocycles. The average Bonchev–Trinajstić information content (AvgIpc) is 3.41. The van der Waals surface area contributed by atoms with Gasteiger partial charge in [-0.25, -0.2) is 15.0 Å². The van der Waals surface area contributed by atoms with Gasteiger partial charge >= 0.3 is 0 Å². The zero-order valence-corrected chi connectivity index (χ0v) is 24.3. The molecule has 2 fully saturated rings. The van der Waals surface area contributed by atoms with Crippen molar-refractivity contribution in [1.29, 1.82) is 0 Å². The summed E-state index contributed by atoms with van der Waals surface area (Å²) in [6.07, 6.45) is 6.68. The van der Waals surface area contributed by atoms with Gasteiger partial charge in [-0.3, -0.25) is 0 Å². The quantitative estimate of drug-likeness (QED) is 0.308. The number of fused-ring (bicyclic) bond motifs is 2. The predicted octanol–water partition coefficient (Wildman–Crippen LogP) is 4.75. The van der Waals surface area contributed by atoms with Crippen LogP contribution in [0.1, 0.15) is 18.9 Å². The van der Waals surface area contributed by atoms with Gasteiger partial charge in [-0.05, 0) is 46.4 Å². The number of aromatic nitrogens is 4. The number of pyridine rings is 1. The van der Waals surface area contributed by atoms with E-state index in [0.717, 1.165) is 78.0 Å². The van der Waals surface area contributed by atoms with Crippen LogP contribution in [0.25, 0.3) is 11.0 Å². The first-order valence-corrected chi connectivity index (χ1v) is 17.3. The van der Waals surface area contributed by atoms with Gasteiger partial charge in [-0.2, -0.15) is 0 Å². The van der Waals surface area contributed by atoms with E-state index in [9.17, 15) is 5.11 Å². The molecule has 0 aromatic carbocycles. The maximum absolute atomic E-state index is 9.90. The highest BCUT2D eigenvalue weighted by molar-refractivity contribution is 9.10. The standard InChI is InChI=1S/C26H37BrN6O2Si/c1-26-15-31(7-5-20(26)13-33(16-26)23-19(14-34)11-21(27)12-28-23)24-22-6-8-32(25(22)30-17-29-24)18-35-9-10-36(2,3)4/h6,8,11-12,17,20,34H,5,7,9-10,13-16,18H2,1-4H3/t20-,26+/m1/s1. The minimum absolute atomic E-state index is 0.0104. The number of hydrogen-bond donors (Lipinski definition) is 1. The lowest BCUT2D eigenvalue weighted by Crippen LogP contribution is -2.47. The van der Waals surface area contributed by atoms with E-state index in [1.165, 1.54) is 0 Å². The van der Waals surface area contributed by atoms with Crippen molar-refractivity contribution in [3.05, 3.63) is 40.9 Å². The molecule has 36 heavy (non-hydrogen) atoms. The van der Waals surface area contributed by atoms with Crippen LogP contribution in [0.2, 0.25) is 25.7 Å². The van der Waals surface area contributed by atoms with E-state index < -0.39 is 8.07 Å². The number of halogens is 1. The molecule has 2 atom stereocenters. The number of aliphatic hydroxyl groups is 1. The lowest BCUT2D eigenvalue weighted by molar-refractivity contribution is 0.0899. The van der Waals surface area contributed by atoms with E-state index in [0.29, 0.717) is 12.6 Å². The number of ether oxygens (including phenoxy) is 1. The molecule has 5 heterocycles. The first-order chi connectivity index (χ1) is 17.2. The molecule has 0 unspecified atom stereocenters. The minimum atomic E-state index is -1.11. The molecule has 0 aliphatic carbocycles. The maximum atomic E-state index is 9.90. The topological polar surface area (TPSA) is 79.5 Å². The fourth-order valence-electron chi connectivity index (χ4n) is 5.67. The zero-order valence-electron chi connectivity index (χ0n) is 21.7. The summed E-state index contributed by atoms with van der Waals surface area (Å²) in [6, 6.07) is 5.25. The highest BCUT2D eigenvalue weighted by Gasteiger charge is 2.47. The summed E-state index contributed by atoms with van der Waals surface area (Å²) in [7, 11) is -1.11. The summed E-state index contributed by atoms with van der Waals surface area (Å²) >= 11 is 3.48. The molecule has 2 aliphatic heterocycles. The molecule has 3 aromatic rings. The normalized spacial score (nSPS) is 22.4. The summed E-state index contributed by atoms with van der Waals surface area (Å²) in [5.74, 6) is 2.49. The molecule has 8 nitrogen and oxygen atoms in total. The molecular weight excluding hydrogens is 536 g/mol. The van der Waals surface area contributed by atoms with E-state index >= 15 is 0 Å². The van der Waals surface area contributed by atoms with E-state index in [1.807, 2.05) is 12.3 Å². The van der Waals surface area contributed by atoms with Crippen molar-refractivity contribution in [3.63, 3.8) is 0 Å². The molecule has 0 bridgehead atoms. The van der Waals surface area contributed by atoms with Crippen LogP contribution in [0.4, 0.5) is 11.6 Å². The van der Waals surface area contributed by atoms with Crippen molar-refractivity contribution in [2.45, 2.75) is 52.4 Å². The van der Waals surface area contributed by atoms with Crippen LogP contribution < -0.4 is 9.80 Å². The molecule has 0 spiro atoms. The zero-order chi connectivity index (χ0) is 25.5. The van der Waals surface area contributed by atoms with Crippen LogP contribution in [0.3, 0.4) is 0 Å². The van der Waals surface area contributed by atoms with Crippen molar-refractivity contribution < 1.29 is 9.84 Å². The Morgan fingerprint density at radius 1 is 1.17 bits per heavy atom. The third kappa shape index (κ3) is 5.18.